The van der Waals surface area contributed by atoms with E-state index in [1.807, 2.05) is 13.0 Å². The summed E-state index contributed by atoms with van der Waals surface area (Å²) in [5.74, 6) is 1.14. The van der Waals surface area contributed by atoms with Gasteiger partial charge in [0.05, 0.1) is 23.4 Å². The predicted octanol–water partition coefficient (Wildman–Crippen LogP) is 0.571. The molecule has 2 heterocycles. The van der Waals surface area contributed by atoms with E-state index < -0.39 is 9.84 Å². The van der Waals surface area contributed by atoms with Gasteiger partial charge in [-0.05, 0) is 25.0 Å². The molecule has 1 aliphatic rings. The van der Waals surface area contributed by atoms with Crippen molar-refractivity contribution in [3.8, 4) is 0 Å². The maximum absolute atomic E-state index is 11.3. The van der Waals surface area contributed by atoms with Gasteiger partial charge in [-0.1, -0.05) is 0 Å². The van der Waals surface area contributed by atoms with Gasteiger partial charge in [-0.2, -0.15) is 0 Å². The Labute approximate surface area is 95.0 Å². The molecule has 88 valence electrons. The summed E-state index contributed by atoms with van der Waals surface area (Å²) in [6, 6.07) is 1.81. The van der Waals surface area contributed by atoms with Gasteiger partial charge in [0.1, 0.15) is 5.82 Å². The summed E-state index contributed by atoms with van der Waals surface area (Å²) in [5, 5.41) is 3.12. The van der Waals surface area contributed by atoms with Crippen LogP contribution in [0.15, 0.2) is 12.3 Å². The number of nitrogens with two attached hydrogens (primary N) is 1. The van der Waals surface area contributed by atoms with Crippen molar-refractivity contribution in [1.29, 1.82) is 0 Å². The Morgan fingerprint density at radius 3 is 2.88 bits per heavy atom. The standard InChI is InChI=1S/C10H15N3O2S/c1-7-4-10(12-5-9(7)11)13-8-2-3-16(14,15)6-8/h4-5,8H,2-3,6,11H2,1H3,(H,12,13). The van der Waals surface area contributed by atoms with Crippen LogP contribution in [0.2, 0.25) is 0 Å². The van der Waals surface area contributed by atoms with Crippen LogP contribution in [0, 0.1) is 6.92 Å². The number of aromatic nitrogens is 1. The highest BCUT2D eigenvalue weighted by Crippen LogP contribution is 2.18. The fourth-order valence-corrected chi connectivity index (χ4v) is 3.44. The lowest BCUT2D eigenvalue weighted by Crippen LogP contribution is -2.21. The third kappa shape index (κ3) is 2.44. The Bertz CT molecular complexity index is 499. The number of hydrogen-bond donors (Lipinski definition) is 2. The van der Waals surface area contributed by atoms with Crippen LogP contribution in [0.1, 0.15) is 12.0 Å². The highest BCUT2D eigenvalue weighted by molar-refractivity contribution is 7.91. The molecule has 1 fully saturated rings. The molecule has 1 atom stereocenters. The third-order valence-corrected chi connectivity index (χ3v) is 4.50. The van der Waals surface area contributed by atoms with Crippen LogP contribution in [-0.2, 0) is 9.84 Å². The van der Waals surface area contributed by atoms with Crippen LogP contribution >= 0.6 is 0 Å². The van der Waals surface area contributed by atoms with Gasteiger partial charge in [0, 0.05) is 6.04 Å². The lowest BCUT2D eigenvalue weighted by atomic mass is 10.2. The average Bonchev–Trinajstić information content (AvgIpc) is 2.52. The number of sulfone groups is 1. The minimum Gasteiger partial charge on any atom is -0.397 e. The molecule has 0 amide bonds. The molecule has 0 radical (unpaired) electrons. The highest BCUT2D eigenvalue weighted by atomic mass is 32.2. The monoisotopic (exact) mass is 241 g/mol. The van der Waals surface area contributed by atoms with E-state index in [9.17, 15) is 8.42 Å². The fourth-order valence-electron chi connectivity index (χ4n) is 1.76. The Hall–Kier alpha value is -1.30. The molecule has 1 unspecified atom stereocenters. The van der Waals surface area contributed by atoms with Gasteiger partial charge in [-0.3, -0.25) is 0 Å². The second kappa shape index (κ2) is 3.93. The zero-order valence-electron chi connectivity index (χ0n) is 9.10. The Balaban J connectivity index is 2.08. The molecule has 1 aliphatic heterocycles. The van der Waals surface area contributed by atoms with Crippen molar-refractivity contribution in [3.63, 3.8) is 0 Å². The van der Waals surface area contributed by atoms with Crippen molar-refractivity contribution in [2.75, 3.05) is 22.6 Å². The summed E-state index contributed by atoms with van der Waals surface area (Å²) < 4.78 is 22.5. The second-order valence-electron chi connectivity index (χ2n) is 4.17. The van der Waals surface area contributed by atoms with Gasteiger partial charge in [0.25, 0.3) is 0 Å². The van der Waals surface area contributed by atoms with Crippen molar-refractivity contribution < 1.29 is 8.42 Å². The van der Waals surface area contributed by atoms with Gasteiger partial charge < -0.3 is 11.1 Å². The number of hydrogen-bond acceptors (Lipinski definition) is 5. The number of nitrogens with one attached hydrogen (secondary N) is 1. The average molecular weight is 241 g/mol. The van der Waals surface area contributed by atoms with E-state index in [0.29, 0.717) is 17.9 Å². The van der Waals surface area contributed by atoms with Crippen molar-refractivity contribution >= 4 is 21.3 Å². The fraction of sp³-hybridized carbons (Fsp3) is 0.500. The van der Waals surface area contributed by atoms with E-state index in [1.165, 1.54) is 0 Å². The van der Waals surface area contributed by atoms with Crippen LogP contribution < -0.4 is 11.1 Å². The van der Waals surface area contributed by atoms with Gasteiger partial charge in [0.2, 0.25) is 0 Å². The van der Waals surface area contributed by atoms with Crippen LogP contribution in [0.5, 0.6) is 0 Å². The maximum Gasteiger partial charge on any atom is 0.152 e. The second-order valence-corrected chi connectivity index (χ2v) is 6.40. The lowest BCUT2D eigenvalue weighted by Gasteiger charge is -2.12. The molecule has 2 rings (SSSR count). The molecule has 5 nitrogen and oxygen atoms in total. The minimum absolute atomic E-state index is 0.0273. The molecular weight excluding hydrogens is 226 g/mol. The first-order valence-corrected chi connectivity index (χ1v) is 6.97. The SMILES string of the molecule is Cc1cc(NC2CCS(=O)(=O)C2)ncc1N. The topological polar surface area (TPSA) is 85.1 Å². The number of nitrogen functional groups attached to an aromatic ring is 1. The van der Waals surface area contributed by atoms with Crippen LogP contribution in [0.25, 0.3) is 0 Å². The third-order valence-electron chi connectivity index (χ3n) is 2.74. The Morgan fingerprint density at radius 1 is 1.56 bits per heavy atom. The molecular formula is C10H15N3O2S. The van der Waals surface area contributed by atoms with Gasteiger partial charge >= 0.3 is 0 Å². The molecule has 0 aromatic carbocycles. The molecule has 1 aromatic rings. The number of pyridine rings is 1. The van der Waals surface area contributed by atoms with Gasteiger partial charge in [0.15, 0.2) is 9.84 Å². The van der Waals surface area contributed by atoms with E-state index in [0.717, 1.165) is 5.56 Å². The molecule has 6 heteroatoms. The molecule has 0 bridgehead atoms. The van der Waals surface area contributed by atoms with E-state index in [1.54, 1.807) is 6.20 Å². The first-order chi connectivity index (χ1) is 7.46. The van der Waals surface area contributed by atoms with Crippen LogP contribution in [0.4, 0.5) is 11.5 Å². The predicted molar refractivity (Wildman–Crippen MR) is 64.1 cm³/mol. The van der Waals surface area contributed by atoms with Crippen molar-refractivity contribution in [2.24, 2.45) is 0 Å². The van der Waals surface area contributed by atoms with Crippen LogP contribution in [-0.4, -0.2) is 30.9 Å². The summed E-state index contributed by atoms with van der Waals surface area (Å²) in [5.41, 5.74) is 7.24. The van der Waals surface area contributed by atoms with E-state index in [-0.39, 0.29) is 17.5 Å². The van der Waals surface area contributed by atoms with Crippen molar-refractivity contribution in [1.82, 2.24) is 4.98 Å². The Kier molecular flexibility index (Phi) is 2.75. The zero-order chi connectivity index (χ0) is 11.8. The minimum atomic E-state index is -2.85. The number of rotatable bonds is 2. The molecule has 1 saturated heterocycles. The number of anilines is 2. The van der Waals surface area contributed by atoms with E-state index >= 15 is 0 Å². The lowest BCUT2D eigenvalue weighted by molar-refractivity contribution is 0.602. The molecule has 0 saturated carbocycles. The zero-order valence-corrected chi connectivity index (χ0v) is 9.92. The van der Waals surface area contributed by atoms with Crippen molar-refractivity contribution in [3.05, 3.63) is 17.8 Å². The molecule has 3 N–H and O–H groups in total. The maximum atomic E-state index is 11.3. The first-order valence-electron chi connectivity index (χ1n) is 5.15. The van der Waals surface area contributed by atoms with Crippen molar-refractivity contribution in [2.45, 2.75) is 19.4 Å². The van der Waals surface area contributed by atoms with Gasteiger partial charge in [-0.25, -0.2) is 13.4 Å². The molecule has 0 aliphatic carbocycles. The summed E-state index contributed by atoms with van der Waals surface area (Å²) in [7, 11) is -2.85. The summed E-state index contributed by atoms with van der Waals surface area (Å²) >= 11 is 0. The smallest absolute Gasteiger partial charge is 0.152 e. The quantitative estimate of drug-likeness (QED) is 0.790. The Morgan fingerprint density at radius 2 is 2.31 bits per heavy atom. The molecule has 1 aromatic heterocycles. The van der Waals surface area contributed by atoms with Gasteiger partial charge in [-0.15, -0.1) is 0 Å². The molecule has 16 heavy (non-hydrogen) atoms. The first kappa shape index (κ1) is 11.2. The highest BCUT2D eigenvalue weighted by Gasteiger charge is 2.27. The number of aryl methyl sites for hydroxylation is 1. The normalized spacial score (nSPS) is 23.2. The van der Waals surface area contributed by atoms with E-state index in [4.69, 9.17) is 5.73 Å². The summed E-state index contributed by atoms with van der Waals surface area (Å²) in [4.78, 5) is 4.12. The summed E-state index contributed by atoms with van der Waals surface area (Å²) in [6.45, 7) is 1.90. The largest absolute Gasteiger partial charge is 0.397 e. The van der Waals surface area contributed by atoms with Crippen LogP contribution in [0.3, 0.4) is 0 Å². The number of nitrogens with zero attached hydrogens (tertiary/aromatic N) is 1. The molecule has 0 spiro atoms. The summed E-state index contributed by atoms with van der Waals surface area (Å²) in [6.07, 6.45) is 2.23. The van der Waals surface area contributed by atoms with E-state index in [2.05, 4.69) is 10.3 Å².